The highest BCUT2D eigenvalue weighted by Gasteiger charge is 2.27. The molecular formula is C24H26FN3O4. The number of hydrogen-bond acceptors (Lipinski definition) is 5. The molecule has 0 unspecified atom stereocenters. The average molecular weight is 439 g/mol. The van der Waals surface area contributed by atoms with Gasteiger partial charge in [0.05, 0.1) is 18.9 Å². The van der Waals surface area contributed by atoms with Crippen LogP contribution < -0.4 is 10.2 Å². The molecule has 0 saturated heterocycles. The average Bonchev–Trinajstić information content (AvgIpc) is 2.77. The van der Waals surface area contributed by atoms with Crippen LogP contribution in [0.3, 0.4) is 0 Å². The van der Waals surface area contributed by atoms with Gasteiger partial charge in [0.15, 0.2) is 6.61 Å². The van der Waals surface area contributed by atoms with Crippen LogP contribution in [0.2, 0.25) is 0 Å². The zero-order valence-corrected chi connectivity index (χ0v) is 18.1. The molecular weight excluding hydrogens is 413 g/mol. The summed E-state index contributed by atoms with van der Waals surface area (Å²) in [5.74, 6) is -2.34. The highest BCUT2D eigenvalue weighted by molar-refractivity contribution is 5.95. The van der Waals surface area contributed by atoms with Gasteiger partial charge in [-0.2, -0.15) is 5.26 Å². The normalized spacial score (nSPS) is 11.3. The fraction of sp³-hybridized carbons (Fsp3) is 0.333. The van der Waals surface area contributed by atoms with E-state index in [2.05, 4.69) is 5.32 Å². The first-order valence-electron chi connectivity index (χ1n) is 10.2. The van der Waals surface area contributed by atoms with E-state index in [1.54, 1.807) is 13.8 Å². The van der Waals surface area contributed by atoms with Gasteiger partial charge in [-0.1, -0.05) is 44.2 Å². The number of esters is 1. The van der Waals surface area contributed by atoms with E-state index in [4.69, 9.17) is 10.00 Å². The van der Waals surface area contributed by atoms with Gasteiger partial charge in [-0.05, 0) is 35.7 Å². The topological polar surface area (TPSA) is 99.5 Å². The highest BCUT2D eigenvalue weighted by Crippen LogP contribution is 2.16. The Kier molecular flexibility index (Phi) is 9.36. The van der Waals surface area contributed by atoms with Gasteiger partial charge in [0.25, 0.3) is 5.91 Å². The molecule has 0 spiro atoms. The molecule has 2 amide bonds. The third-order valence-electron chi connectivity index (χ3n) is 4.67. The second-order valence-corrected chi connectivity index (χ2v) is 7.49. The Balaban J connectivity index is 1.99. The van der Waals surface area contributed by atoms with Gasteiger partial charge in [0, 0.05) is 12.2 Å². The van der Waals surface area contributed by atoms with Crippen LogP contribution in [-0.4, -0.2) is 37.0 Å². The zero-order valence-electron chi connectivity index (χ0n) is 18.1. The zero-order chi connectivity index (χ0) is 23.5. The van der Waals surface area contributed by atoms with Gasteiger partial charge in [0.2, 0.25) is 5.91 Å². The maximum atomic E-state index is 13.2. The highest BCUT2D eigenvalue weighted by atomic mass is 19.1. The number of amides is 2. The summed E-state index contributed by atoms with van der Waals surface area (Å²) in [6.07, 6.45) is 0.171. The molecule has 2 aromatic rings. The molecule has 168 valence electrons. The molecule has 2 rings (SSSR count). The Morgan fingerprint density at radius 1 is 1.09 bits per heavy atom. The molecule has 0 aliphatic carbocycles. The van der Waals surface area contributed by atoms with Crippen molar-refractivity contribution in [3.63, 3.8) is 0 Å². The van der Waals surface area contributed by atoms with E-state index < -0.39 is 30.3 Å². The Hall–Kier alpha value is -3.73. The maximum Gasteiger partial charge on any atom is 0.329 e. The number of nitriles is 1. The summed E-state index contributed by atoms with van der Waals surface area (Å²) in [5, 5.41) is 11.5. The van der Waals surface area contributed by atoms with Crippen molar-refractivity contribution in [2.24, 2.45) is 5.92 Å². The van der Waals surface area contributed by atoms with Crippen molar-refractivity contribution in [3.05, 3.63) is 66.0 Å². The smallest absolute Gasteiger partial charge is 0.329 e. The number of anilines is 1. The van der Waals surface area contributed by atoms with Crippen molar-refractivity contribution in [2.75, 3.05) is 18.1 Å². The van der Waals surface area contributed by atoms with E-state index in [9.17, 15) is 18.8 Å². The van der Waals surface area contributed by atoms with Crippen molar-refractivity contribution >= 4 is 23.5 Å². The Bertz CT molecular complexity index is 955. The molecule has 1 atom stereocenters. The predicted octanol–water partition coefficient (Wildman–Crippen LogP) is 3.00. The molecule has 1 N–H and O–H groups in total. The number of ether oxygens (including phenoxy) is 1. The third kappa shape index (κ3) is 7.51. The molecule has 0 aromatic heterocycles. The summed E-state index contributed by atoms with van der Waals surface area (Å²) in [6, 6.07) is 15.4. The predicted molar refractivity (Wildman–Crippen MR) is 117 cm³/mol. The summed E-state index contributed by atoms with van der Waals surface area (Å²) in [4.78, 5) is 38.9. The molecule has 32 heavy (non-hydrogen) atoms. The number of nitrogens with one attached hydrogen (secondary N) is 1. The van der Waals surface area contributed by atoms with Gasteiger partial charge < -0.3 is 15.0 Å². The number of carbonyl (C=O) groups excluding carboxylic acids is 3. The fourth-order valence-corrected chi connectivity index (χ4v) is 2.98. The quantitative estimate of drug-likeness (QED) is 0.574. The van der Waals surface area contributed by atoms with E-state index >= 15 is 0 Å². The molecule has 0 saturated carbocycles. The lowest BCUT2D eigenvalue weighted by molar-refractivity contribution is -0.152. The van der Waals surface area contributed by atoms with E-state index in [-0.39, 0.29) is 31.2 Å². The molecule has 2 aromatic carbocycles. The number of carbonyl (C=O) groups is 3. The number of nitrogens with zero attached hydrogens (tertiary/aromatic N) is 2. The van der Waals surface area contributed by atoms with Gasteiger partial charge >= 0.3 is 5.97 Å². The van der Waals surface area contributed by atoms with Crippen LogP contribution in [0, 0.1) is 23.1 Å². The molecule has 0 radical (unpaired) electrons. The van der Waals surface area contributed by atoms with Gasteiger partial charge in [-0.15, -0.1) is 0 Å². The van der Waals surface area contributed by atoms with Crippen LogP contribution in [0.15, 0.2) is 54.6 Å². The van der Waals surface area contributed by atoms with E-state index in [0.29, 0.717) is 5.69 Å². The second kappa shape index (κ2) is 12.2. The summed E-state index contributed by atoms with van der Waals surface area (Å²) < 4.78 is 18.4. The SMILES string of the molecule is CC(C)[C@H](NC(=O)Cc1ccccc1)C(=O)OCC(=O)N(CCC#N)c1ccc(F)cc1. The standard InChI is InChI=1S/C24H26FN3O4/c1-17(2)23(27-21(29)15-18-7-4-3-5-8-18)24(31)32-16-22(30)28(14-6-13-26)20-11-9-19(25)10-12-20/h3-5,7-12,17,23H,6,14-16H2,1-2H3,(H,27,29)/t23-/m0/s1. The van der Waals surface area contributed by atoms with Crippen LogP contribution >= 0.6 is 0 Å². The number of benzene rings is 2. The van der Waals surface area contributed by atoms with Crippen molar-refractivity contribution in [1.29, 1.82) is 5.26 Å². The molecule has 0 heterocycles. The fourth-order valence-electron chi connectivity index (χ4n) is 2.98. The minimum atomic E-state index is -0.919. The second-order valence-electron chi connectivity index (χ2n) is 7.49. The van der Waals surface area contributed by atoms with Crippen molar-refractivity contribution in [1.82, 2.24) is 5.32 Å². The Morgan fingerprint density at radius 2 is 1.75 bits per heavy atom. The van der Waals surface area contributed by atoms with Gasteiger partial charge in [-0.3, -0.25) is 9.59 Å². The van der Waals surface area contributed by atoms with E-state index in [1.807, 2.05) is 36.4 Å². The summed E-state index contributed by atoms with van der Waals surface area (Å²) in [5.41, 5.74) is 1.20. The van der Waals surface area contributed by atoms with Crippen LogP contribution in [0.1, 0.15) is 25.8 Å². The van der Waals surface area contributed by atoms with Crippen molar-refractivity contribution < 1.29 is 23.5 Å². The first-order valence-corrected chi connectivity index (χ1v) is 10.2. The van der Waals surface area contributed by atoms with Gasteiger partial charge in [-0.25, -0.2) is 9.18 Å². The first-order chi connectivity index (χ1) is 15.3. The molecule has 0 bridgehead atoms. The van der Waals surface area contributed by atoms with Crippen LogP contribution in [0.25, 0.3) is 0 Å². The third-order valence-corrected chi connectivity index (χ3v) is 4.67. The van der Waals surface area contributed by atoms with Crippen LogP contribution in [0.5, 0.6) is 0 Å². The molecule has 0 fully saturated rings. The summed E-state index contributed by atoms with van der Waals surface area (Å²) >= 11 is 0. The summed E-state index contributed by atoms with van der Waals surface area (Å²) in [6.45, 7) is 3.02. The van der Waals surface area contributed by atoms with E-state index in [0.717, 1.165) is 5.56 Å². The molecule has 0 aliphatic heterocycles. The Morgan fingerprint density at radius 3 is 2.34 bits per heavy atom. The lowest BCUT2D eigenvalue weighted by Crippen LogP contribution is -2.47. The molecule has 0 aliphatic rings. The molecule has 7 nitrogen and oxygen atoms in total. The Labute approximate surface area is 186 Å². The lowest BCUT2D eigenvalue weighted by Gasteiger charge is -2.24. The number of hydrogen-bond donors (Lipinski definition) is 1. The number of halogens is 1. The minimum Gasteiger partial charge on any atom is -0.454 e. The van der Waals surface area contributed by atoms with Gasteiger partial charge in [0.1, 0.15) is 11.9 Å². The molecule has 8 heteroatoms. The number of rotatable bonds is 10. The maximum absolute atomic E-state index is 13.2. The van der Waals surface area contributed by atoms with Crippen LogP contribution in [-0.2, 0) is 25.5 Å². The first kappa shape index (κ1) is 24.5. The van der Waals surface area contributed by atoms with Crippen molar-refractivity contribution in [2.45, 2.75) is 32.7 Å². The minimum absolute atomic E-state index is 0.0568. The largest absolute Gasteiger partial charge is 0.454 e. The van der Waals surface area contributed by atoms with E-state index in [1.165, 1.54) is 29.2 Å². The monoisotopic (exact) mass is 439 g/mol. The van der Waals surface area contributed by atoms with Crippen molar-refractivity contribution in [3.8, 4) is 6.07 Å². The lowest BCUT2D eigenvalue weighted by atomic mass is 10.0. The van der Waals surface area contributed by atoms with Crippen LogP contribution in [0.4, 0.5) is 10.1 Å². The summed E-state index contributed by atoms with van der Waals surface area (Å²) in [7, 11) is 0.